The highest BCUT2D eigenvalue weighted by Gasteiger charge is 2.17. The summed E-state index contributed by atoms with van der Waals surface area (Å²) in [4.78, 5) is 4.01. The van der Waals surface area contributed by atoms with Gasteiger partial charge in [-0.25, -0.2) is 4.98 Å². The number of nitriles is 1. The van der Waals surface area contributed by atoms with Gasteiger partial charge >= 0.3 is 0 Å². The number of nitrogens with zero attached hydrogens (tertiary/aromatic N) is 2. The van der Waals surface area contributed by atoms with Crippen LogP contribution >= 0.6 is 15.9 Å². The van der Waals surface area contributed by atoms with Gasteiger partial charge in [0.05, 0.1) is 0 Å². The van der Waals surface area contributed by atoms with Crippen molar-refractivity contribution < 1.29 is 0 Å². The smallest absolute Gasteiger partial charge is 0.141 e. The lowest BCUT2D eigenvalue weighted by Crippen LogP contribution is -1.90. The minimum absolute atomic E-state index is 0.458. The molecular formula is C15H11BrN2. The molecule has 0 N–H and O–H groups in total. The fourth-order valence-corrected chi connectivity index (χ4v) is 3.32. The summed E-state index contributed by atoms with van der Waals surface area (Å²) in [6.07, 6.45) is 5.23. The first-order valence-corrected chi connectivity index (χ1v) is 6.75. The average molecular weight is 299 g/mol. The van der Waals surface area contributed by atoms with Crippen molar-refractivity contribution in [2.75, 3.05) is 0 Å². The molecule has 0 saturated carbocycles. The van der Waals surface area contributed by atoms with Gasteiger partial charge in [-0.2, -0.15) is 5.26 Å². The lowest BCUT2D eigenvalue weighted by molar-refractivity contribution is 0.910. The molecule has 0 spiro atoms. The van der Waals surface area contributed by atoms with Crippen LogP contribution < -0.4 is 0 Å². The van der Waals surface area contributed by atoms with Crippen LogP contribution in [0, 0.1) is 11.3 Å². The zero-order chi connectivity index (χ0) is 12.5. The van der Waals surface area contributed by atoms with E-state index in [-0.39, 0.29) is 0 Å². The van der Waals surface area contributed by atoms with Crippen molar-refractivity contribution in [3.63, 3.8) is 0 Å². The predicted molar refractivity (Wildman–Crippen MR) is 74.1 cm³/mol. The van der Waals surface area contributed by atoms with Crippen LogP contribution in [0.15, 0.2) is 34.9 Å². The van der Waals surface area contributed by atoms with Crippen molar-refractivity contribution in [1.82, 2.24) is 4.98 Å². The van der Waals surface area contributed by atoms with Gasteiger partial charge in [0.25, 0.3) is 0 Å². The number of pyridine rings is 1. The Kier molecular flexibility index (Phi) is 2.89. The number of benzene rings is 1. The van der Waals surface area contributed by atoms with Crippen LogP contribution in [-0.2, 0) is 12.8 Å². The molecule has 0 bridgehead atoms. The third-order valence-electron chi connectivity index (χ3n) is 3.40. The molecule has 2 aromatic rings. The Hall–Kier alpha value is -1.66. The number of hydrogen-bond donors (Lipinski definition) is 0. The van der Waals surface area contributed by atoms with Gasteiger partial charge in [-0.3, -0.25) is 0 Å². The van der Waals surface area contributed by atoms with Gasteiger partial charge < -0.3 is 0 Å². The molecule has 0 saturated heterocycles. The van der Waals surface area contributed by atoms with E-state index in [0.717, 1.165) is 17.5 Å². The molecule has 1 aliphatic carbocycles. The van der Waals surface area contributed by atoms with E-state index in [2.05, 4.69) is 39.1 Å². The van der Waals surface area contributed by atoms with Crippen LogP contribution in [0.5, 0.6) is 0 Å². The summed E-state index contributed by atoms with van der Waals surface area (Å²) in [5.41, 5.74) is 5.51. The van der Waals surface area contributed by atoms with E-state index >= 15 is 0 Å². The maximum absolute atomic E-state index is 8.91. The Bertz CT molecular complexity index is 656. The molecule has 1 aromatic heterocycles. The van der Waals surface area contributed by atoms with Crippen molar-refractivity contribution in [3.05, 3.63) is 51.8 Å². The van der Waals surface area contributed by atoms with Gasteiger partial charge in [-0.05, 0) is 69.6 Å². The van der Waals surface area contributed by atoms with Gasteiger partial charge in [0.2, 0.25) is 0 Å². The number of aromatic nitrogens is 1. The quantitative estimate of drug-likeness (QED) is 0.801. The van der Waals surface area contributed by atoms with Crippen molar-refractivity contribution >= 4 is 15.9 Å². The van der Waals surface area contributed by atoms with Crippen LogP contribution in [0.2, 0.25) is 0 Å². The highest BCUT2D eigenvalue weighted by atomic mass is 79.9. The van der Waals surface area contributed by atoms with Gasteiger partial charge in [-0.1, -0.05) is 12.1 Å². The SMILES string of the molecule is N#Cc1cc(-c2ccc3c(c2Br)CCC3)ccn1. The molecule has 0 atom stereocenters. The van der Waals surface area contributed by atoms with Crippen molar-refractivity contribution in [2.45, 2.75) is 19.3 Å². The van der Waals surface area contributed by atoms with E-state index in [9.17, 15) is 0 Å². The van der Waals surface area contributed by atoms with Gasteiger partial charge in [-0.15, -0.1) is 0 Å². The van der Waals surface area contributed by atoms with Crippen molar-refractivity contribution in [2.24, 2.45) is 0 Å². The summed E-state index contributed by atoms with van der Waals surface area (Å²) in [7, 11) is 0. The van der Waals surface area contributed by atoms with Gasteiger partial charge in [0.1, 0.15) is 11.8 Å². The number of halogens is 1. The van der Waals surface area contributed by atoms with Crippen LogP contribution in [0.1, 0.15) is 23.2 Å². The van der Waals surface area contributed by atoms with E-state index in [0.29, 0.717) is 5.69 Å². The van der Waals surface area contributed by atoms with Crippen molar-refractivity contribution in [3.8, 4) is 17.2 Å². The molecule has 0 unspecified atom stereocenters. The van der Waals surface area contributed by atoms with Gasteiger partial charge in [0.15, 0.2) is 0 Å². The first kappa shape index (κ1) is 11.4. The second kappa shape index (κ2) is 4.55. The first-order chi connectivity index (χ1) is 8.79. The maximum Gasteiger partial charge on any atom is 0.141 e. The van der Waals surface area contributed by atoms with E-state index in [1.807, 2.05) is 12.1 Å². The van der Waals surface area contributed by atoms with E-state index in [4.69, 9.17) is 5.26 Å². The molecule has 1 aliphatic rings. The lowest BCUT2D eigenvalue weighted by Gasteiger charge is -2.09. The molecule has 1 aromatic carbocycles. The molecule has 2 nitrogen and oxygen atoms in total. The summed E-state index contributed by atoms with van der Waals surface area (Å²) >= 11 is 3.71. The second-order valence-electron chi connectivity index (χ2n) is 4.46. The van der Waals surface area contributed by atoms with Crippen LogP contribution in [0.3, 0.4) is 0 Å². The van der Waals surface area contributed by atoms with Crippen LogP contribution in [0.4, 0.5) is 0 Å². The molecule has 0 radical (unpaired) electrons. The normalized spacial score (nSPS) is 13.1. The molecule has 0 fully saturated rings. The standard InChI is InChI=1S/C15H11BrN2/c16-15-13-3-1-2-10(13)4-5-14(15)11-6-7-18-12(8-11)9-17/h4-8H,1-3H2. The minimum Gasteiger partial charge on any atom is -0.246 e. The fraction of sp³-hybridized carbons (Fsp3) is 0.200. The fourth-order valence-electron chi connectivity index (χ4n) is 2.50. The highest BCUT2D eigenvalue weighted by Crippen LogP contribution is 2.37. The molecule has 3 rings (SSSR count). The third-order valence-corrected chi connectivity index (χ3v) is 4.30. The summed E-state index contributed by atoms with van der Waals surface area (Å²) in [6.45, 7) is 0. The Labute approximate surface area is 114 Å². The minimum atomic E-state index is 0.458. The molecular weight excluding hydrogens is 288 g/mol. The van der Waals surface area contributed by atoms with Crippen molar-refractivity contribution in [1.29, 1.82) is 5.26 Å². The summed E-state index contributed by atoms with van der Waals surface area (Å²) in [5, 5.41) is 8.91. The molecule has 1 heterocycles. The largest absolute Gasteiger partial charge is 0.246 e. The first-order valence-electron chi connectivity index (χ1n) is 5.96. The Morgan fingerprint density at radius 2 is 2.11 bits per heavy atom. The van der Waals surface area contributed by atoms with Crippen LogP contribution in [0.25, 0.3) is 11.1 Å². The number of fused-ring (bicyclic) bond motifs is 1. The maximum atomic E-state index is 8.91. The summed E-state index contributed by atoms with van der Waals surface area (Å²) < 4.78 is 1.17. The van der Waals surface area contributed by atoms with E-state index in [1.165, 1.54) is 28.4 Å². The summed E-state index contributed by atoms with van der Waals surface area (Å²) in [6, 6.07) is 10.2. The van der Waals surface area contributed by atoms with E-state index < -0.39 is 0 Å². The van der Waals surface area contributed by atoms with Gasteiger partial charge in [0, 0.05) is 10.7 Å². The zero-order valence-corrected chi connectivity index (χ0v) is 11.4. The topological polar surface area (TPSA) is 36.7 Å². The second-order valence-corrected chi connectivity index (χ2v) is 5.25. The molecule has 88 valence electrons. The molecule has 3 heteroatoms. The monoisotopic (exact) mass is 298 g/mol. The zero-order valence-electron chi connectivity index (χ0n) is 9.78. The highest BCUT2D eigenvalue weighted by molar-refractivity contribution is 9.10. The number of hydrogen-bond acceptors (Lipinski definition) is 2. The average Bonchev–Trinajstić information content (AvgIpc) is 2.88. The Balaban J connectivity index is 2.15. The Morgan fingerprint density at radius 1 is 1.22 bits per heavy atom. The number of rotatable bonds is 1. The molecule has 0 aliphatic heterocycles. The number of aryl methyl sites for hydroxylation is 1. The molecule has 18 heavy (non-hydrogen) atoms. The summed E-state index contributed by atoms with van der Waals surface area (Å²) in [5.74, 6) is 0. The predicted octanol–water partition coefficient (Wildman–Crippen LogP) is 3.87. The molecule has 0 amide bonds. The third kappa shape index (κ3) is 1.83. The van der Waals surface area contributed by atoms with E-state index in [1.54, 1.807) is 6.20 Å². The van der Waals surface area contributed by atoms with Crippen LogP contribution in [-0.4, -0.2) is 4.98 Å². The lowest BCUT2D eigenvalue weighted by atomic mass is 10.0. The Morgan fingerprint density at radius 3 is 2.94 bits per heavy atom.